The molecule has 1 unspecified atom stereocenters. The molecule has 0 bridgehead atoms. The zero-order chi connectivity index (χ0) is 15.2. The highest BCUT2D eigenvalue weighted by molar-refractivity contribution is 5.95. The van der Waals surface area contributed by atoms with E-state index in [0.29, 0.717) is 30.1 Å². The summed E-state index contributed by atoms with van der Waals surface area (Å²) in [5, 5.41) is 30.9. The van der Waals surface area contributed by atoms with Gasteiger partial charge >= 0.3 is 0 Å². The van der Waals surface area contributed by atoms with E-state index in [1.54, 1.807) is 23.1 Å². The lowest BCUT2D eigenvalue weighted by Gasteiger charge is -2.25. The third kappa shape index (κ3) is 4.15. The molecule has 0 radical (unpaired) electrons. The van der Waals surface area contributed by atoms with Gasteiger partial charge in [0.15, 0.2) is 6.61 Å². The first-order chi connectivity index (χ1) is 10.1. The van der Waals surface area contributed by atoms with Crippen molar-refractivity contribution in [3.63, 3.8) is 0 Å². The van der Waals surface area contributed by atoms with Crippen molar-refractivity contribution in [3.05, 3.63) is 23.8 Å². The number of nitrogens with one attached hydrogen (secondary N) is 1. The Morgan fingerprint density at radius 3 is 2.67 bits per heavy atom. The van der Waals surface area contributed by atoms with E-state index in [1.807, 2.05) is 0 Å². The van der Waals surface area contributed by atoms with Crippen molar-refractivity contribution >= 4 is 11.6 Å². The van der Waals surface area contributed by atoms with Crippen LogP contribution in [-0.4, -0.2) is 65.6 Å². The van der Waals surface area contributed by atoms with Crippen LogP contribution >= 0.6 is 0 Å². The summed E-state index contributed by atoms with van der Waals surface area (Å²) in [5.41, 5.74) is 1.18. The Hall–Kier alpha value is -1.67. The Kier molecular flexibility index (Phi) is 5.51. The van der Waals surface area contributed by atoms with Gasteiger partial charge < -0.3 is 25.4 Å². The van der Waals surface area contributed by atoms with Gasteiger partial charge in [0.1, 0.15) is 5.75 Å². The SMILES string of the molecule is O=C1COc2ccc(C(O)CN(CCO)CCO)cc2N1. The van der Waals surface area contributed by atoms with Crippen LogP contribution in [0.15, 0.2) is 18.2 Å². The van der Waals surface area contributed by atoms with Gasteiger partial charge in [0.05, 0.1) is 25.0 Å². The number of fused-ring (bicyclic) bond motifs is 1. The Morgan fingerprint density at radius 1 is 1.29 bits per heavy atom. The summed E-state index contributed by atoms with van der Waals surface area (Å²) >= 11 is 0. The molecule has 1 aromatic rings. The molecular weight excluding hydrogens is 276 g/mol. The Morgan fingerprint density at radius 2 is 2.00 bits per heavy atom. The van der Waals surface area contributed by atoms with E-state index in [1.165, 1.54) is 0 Å². The molecule has 0 aliphatic carbocycles. The largest absolute Gasteiger partial charge is 0.482 e. The Labute approximate surface area is 122 Å². The summed E-state index contributed by atoms with van der Waals surface area (Å²) in [7, 11) is 0. The number of carbonyl (C=O) groups excluding carboxylic acids is 1. The third-order valence-corrected chi connectivity index (χ3v) is 3.28. The van der Waals surface area contributed by atoms with Crippen LogP contribution < -0.4 is 10.1 Å². The summed E-state index contributed by atoms with van der Waals surface area (Å²) in [5.74, 6) is 0.351. The van der Waals surface area contributed by atoms with E-state index >= 15 is 0 Å². The van der Waals surface area contributed by atoms with Crippen molar-refractivity contribution in [2.75, 3.05) is 44.8 Å². The quantitative estimate of drug-likeness (QED) is 0.533. The normalized spacial score (nSPS) is 15.3. The zero-order valence-electron chi connectivity index (χ0n) is 11.7. The van der Waals surface area contributed by atoms with Crippen LogP contribution in [0.2, 0.25) is 0 Å². The van der Waals surface area contributed by atoms with Crippen LogP contribution in [0.5, 0.6) is 5.75 Å². The highest BCUT2D eigenvalue weighted by Crippen LogP contribution is 2.30. The van der Waals surface area contributed by atoms with Gasteiger partial charge in [-0.25, -0.2) is 0 Å². The van der Waals surface area contributed by atoms with Crippen LogP contribution in [-0.2, 0) is 4.79 Å². The number of rotatable bonds is 7. The number of amides is 1. The lowest BCUT2D eigenvalue weighted by molar-refractivity contribution is -0.118. The number of benzene rings is 1. The molecule has 1 atom stereocenters. The van der Waals surface area contributed by atoms with Gasteiger partial charge in [-0.05, 0) is 17.7 Å². The number of hydrogen-bond donors (Lipinski definition) is 4. The van der Waals surface area contributed by atoms with Crippen molar-refractivity contribution < 1.29 is 24.9 Å². The molecule has 1 aromatic carbocycles. The predicted octanol–water partition coefficient (Wildman–Crippen LogP) is -0.663. The van der Waals surface area contributed by atoms with E-state index in [9.17, 15) is 9.90 Å². The van der Waals surface area contributed by atoms with Crippen molar-refractivity contribution in [3.8, 4) is 5.75 Å². The second-order valence-electron chi connectivity index (χ2n) is 4.86. The highest BCUT2D eigenvalue weighted by Gasteiger charge is 2.19. The number of aliphatic hydroxyl groups excluding tert-OH is 3. The lowest BCUT2D eigenvalue weighted by atomic mass is 10.1. The van der Waals surface area contributed by atoms with E-state index in [0.717, 1.165) is 0 Å². The third-order valence-electron chi connectivity index (χ3n) is 3.28. The molecule has 1 amide bonds. The number of ether oxygens (including phenoxy) is 1. The van der Waals surface area contributed by atoms with Gasteiger partial charge in [0.25, 0.3) is 5.91 Å². The first-order valence-corrected chi connectivity index (χ1v) is 6.82. The molecule has 4 N–H and O–H groups in total. The maximum absolute atomic E-state index is 11.3. The molecule has 2 rings (SSSR count). The standard InChI is InChI=1S/C14H20N2O5/c17-5-3-16(4-6-18)8-12(19)10-1-2-13-11(7-10)15-14(20)9-21-13/h1-2,7,12,17-19H,3-6,8-9H2,(H,15,20). The first kappa shape index (κ1) is 15.7. The molecule has 7 heteroatoms. The minimum Gasteiger partial charge on any atom is -0.482 e. The second-order valence-corrected chi connectivity index (χ2v) is 4.86. The molecule has 0 aromatic heterocycles. The molecular formula is C14H20N2O5. The molecule has 0 saturated heterocycles. The first-order valence-electron chi connectivity index (χ1n) is 6.82. The highest BCUT2D eigenvalue weighted by atomic mass is 16.5. The van der Waals surface area contributed by atoms with Crippen molar-refractivity contribution in [1.82, 2.24) is 4.90 Å². The summed E-state index contributed by atoms with van der Waals surface area (Å²) < 4.78 is 5.26. The van der Waals surface area contributed by atoms with Crippen molar-refractivity contribution in [1.29, 1.82) is 0 Å². The van der Waals surface area contributed by atoms with E-state index in [2.05, 4.69) is 5.32 Å². The van der Waals surface area contributed by atoms with Crippen LogP contribution in [0.3, 0.4) is 0 Å². The van der Waals surface area contributed by atoms with E-state index in [-0.39, 0.29) is 32.3 Å². The fraction of sp³-hybridized carbons (Fsp3) is 0.500. The molecule has 0 saturated carbocycles. The summed E-state index contributed by atoms with van der Waals surface area (Å²) in [6.07, 6.45) is -0.785. The number of aliphatic hydroxyl groups is 3. The predicted molar refractivity (Wildman–Crippen MR) is 76.1 cm³/mol. The van der Waals surface area contributed by atoms with Crippen LogP contribution in [0.1, 0.15) is 11.7 Å². The topological polar surface area (TPSA) is 102 Å². The van der Waals surface area contributed by atoms with Crippen LogP contribution in [0.4, 0.5) is 5.69 Å². The summed E-state index contributed by atoms with van der Waals surface area (Å²) in [4.78, 5) is 13.1. The zero-order valence-corrected chi connectivity index (χ0v) is 11.7. The van der Waals surface area contributed by atoms with Gasteiger partial charge in [0, 0.05) is 19.6 Å². The summed E-state index contributed by atoms with van der Waals surface area (Å²) in [6.45, 7) is 0.955. The molecule has 21 heavy (non-hydrogen) atoms. The van der Waals surface area contributed by atoms with Crippen molar-refractivity contribution in [2.24, 2.45) is 0 Å². The average Bonchev–Trinajstić information content (AvgIpc) is 2.47. The smallest absolute Gasteiger partial charge is 0.262 e. The van der Waals surface area contributed by atoms with Gasteiger partial charge in [-0.3, -0.25) is 9.69 Å². The number of hydrogen-bond acceptors (Lipinski definition) is 6. The maximum atomic E-state index is 11.3. The van der Waals surface area contributed by atoms with Gasteiger partial charge in [-0.15, -0.1) is 0 Å². The molecule has 7 nitrogen and oxygen atoms in total. The molecule has 0 spiro atoms. The molecule has 1 heterocycles. The van der Waals surface area contributed by atoms with Crippen LogP contribution in [0, 0.1) is 0 Å². The molecule has 116 valence electrons. The molecule has 0 fully saturated rings. The van der Waals surface area contributed by atoms with Gasteiger partial charge in [-0.1, -0.05) is 6.07 Å². The Balaban J connectivity index is 2.06. The average molecular weight is 296 g/mol. The monoisotopic (exact) mass is 296 g/mol. The number of carbonyl (C=O) groups is 1. The minimum atomic E-state index is -0.785. The molecule has 1 aliphatic heterocycles. The van der Waals surface area contributed by atoms with Crippen molar-refractivity contribution in [2.45, 2.75) is 6.10 Å². The maximum Gasteiger partial charge on any atom is 0.262 e. The number of anilines is 1. The Bertz CT molecular complexity index is 488. The fourth-order valence-corrected chi connectivity index (χ4v) is 2.24. The second kappa shape index (κ2) is 7.37. The molecule has 1 aliphatic rings. The fourth-order valence-electron chi connectivity index (χ4n) is 2.24. The number of nitrogens with zero attached hydrogens (tertiary/aromatic N) is 1. The van der Waals surface area contributed by atoms with E-state index in [4.69, 9.17) is 14.9 Å². The van der Waals surface area contributed by atoms with Gasteiger partial charge in [0.2, 0.25) is 0 Å². The summed E-state index contributed by atoms with van der Waals surface area (Å²) in [6, 6.07) is 5.11. The van der Waals surface area contributed by atoms with Gasteiger partial charge in [-0.2, -0.15) is 0 Å². The van der Waals surface area contributed by atoms with E-state index < -0.39 is 6.10 Å². The minimum absolute atomic E-state index is 0.00429. The van der Waals surface area contributed by atoms with Crippen LogP contribution in [0.25, 0.3) is 0 Å². The lowest BCUT2D eigenvalue weighted by Crippen LogP contribution is -2.33.